The van der Waals surface area contributed by atoms with E-state index in [4.69, 9.17) is 0 Å². The minimum absolute atomic E-state index is 0.194. The van der Waals surface area contributed by atoms with Crippen molar-refractivity contribution in [3.05, 3.63) is 0 Å². The molecule has 1 aliphatic rings. The minimum atomic E-state index is 0.194. The predicted molar refractivity (Wildman–Crippen MR) is 84.8 cm³/mol. The number of nitrogens with zero attached hydrogens (tertiary/aromatic N) is 1. The van der Waals surface area contributed by atoms with Crippen LogP contribution in [0.2, 0.25) is 0 Å². The van der Waals surface area contributed by atoms with Crippen LogP contribution in [0.1, 0.15) is 52.4 Å². The van der Waals surface area contributed by atoms with Gasteiger partial charge >= 0.3 is 0 Å². The van der Waals surface area contributed by atoms with Crippen LogP contribution in [0.4, 0.5) is 0 Å². The van der Waals surface area contributed by atoms with E-state index in [9.17, 15) is 4.79 Å². The maximum Gasteiger partial charge on any atom is 0.234 e. The van der Waals surface area contributed by atoms with Crippen molar-refractivity contribution in [2.45, 2.75) is 58.4 Å². The molecule has 1 saturated heterocycles. The van der Waals surface area contributed by atoms with Gasteiger partial charge in [-0.15, -0.1) is 0 Å². The SMILES string of the molecule is CCCCCC(C)NC(=O)CN1CCCC(CNC)C1. The zero-order valence-corrected chi connectivity index (χ0v) is 13.6. The lowest BCUT2D eigenvalue weighted by molar-refractivity contribution is -0.123. The maximum atomic E-state index is 12.1. The first-order valence-corrected chi connectivity index (χ1v) is 8.32. The second-order valence-electron chi connectivity index (χ2n) is 6.27. The van der Waals surface area contributed by atoms with Crippen molar-refractivity contribution >= 4 is 5.91 Å². The van der Waals surface area contributed by atoms with Crippen LogP contribution in [0.15, 0.2) is 0 Å². The molecule has 1 rings (SSSR count). The Morgan fingerprint density at radius 1 is 1.40 bits per heavy atom. The van der Waals surface area contributed by atoms with E-state index in [2.05, 4.69) is 29.4 Å². The summed E-state index contributed by atoms with van der Waals surface area (Å²) in [5, 5.41) is 6.38. The van der Waals surface area contributed by atoms with E-state index in [1.807, 2.05) is 7.05 Å². The van der Waals surface area contributed by atoms with Crippen molar-refractivity contribution in [3.63, 3.8) is 0 Å². The van der Waals surface area contributed by atoms with Crippen molar-refractivity contribution < 1.29 is 4.79 Å². The van der Waals surface area contributed by atoms with Crippen LogP contribution in [-0.4, -0.2) is 50.1 Å². The number of amides is 1. The quantitative estimate of drug-likeness (QED) is 0.636. The highest BCUT2D eigenvalue weighted by Crippen LogP contribution is 2.15. The van der Waals surface area contributed by atoms with Crippen molar-refractivity contribution in [2.75, 3.05) is 33.2 Å². The molecular weight excluding hydrogens is 250 g/mol. The van der Waals surface area contributed by atoms with Gasteiger partial charge in [-0.2, -0.15) is 0 Å². The molecule has 0 saturated carbocycles. The van der Waals surface area contributed by atoms with Gasteiger partial charge in [-0.3, -0.25) is 9.69 Å². The molecule has 20 heavy (non-hydrogen) atoms. The highest BCUT2D eigenvalue weighted by Gasteiger charge is 2.21. The Kier molecular flexibility index (Phi) is 8.86. The Labute approximate surface area is 124 Å². The largest absolute Gasteiger partial charge is 0.353 e. The molecule has 118 valence electrons. The predicted octanol–water partition coefficient (Wildman–Crippen LogP) is 2.00. The molecule has 2 unspecified atom stereocenters. The average Bonchev–Trinajstić information content (AvgIpc) is 2.39. The van der Waals surface area contributed by atoms with E-state index < -0.39 is 0 Å². The van der Waals surface area contributed by atoms with Crippen molar-refractivity contribution in [2.24, 2.45) is 5.92 Å². The second kappa shape index (κ2) is 10.2. The third-order valence-corrected chi connectivity index (χ3v) is 4.11. The first-order valence-electron chi connectivity index (χ1n) is 8.32. The van der Waals surface area contributed by atoms with Crippen molar-refractivity contribution in [3.8, 4) is 0 Å². The number of unbranched alkanes of at least 4 members (excludes halogenated alkanes) is 2. The molecule has 0 spiro atoms. The van der Waals surface area contributed by atoms with E-state index in [1.54, 1.807) is 0 Å². The van der Waals surface area contributed by atoms with Gasteiger partial charge in [0.2, 0.25) is 5.91 Å². The summed E-state index contributed by atoms with van der Waals surface area (Å²) in [5.41, 5.74) is 0. The Bertz CT molecular complexity index is 268. The number of nitrogens with one attached hydrogen (secondary N) is 2. The number of piperidine rings is 1. The molecule has 0 aromatic rings. The lowest BCUT2D eigenvalue weighted by Crippen LogP contribution is -2.46. The number of carbonyl (C=O) groups is 1. The molecule has 0 aliphatic carbocycles. The van der Waals surface area contributed by atoms with E-state index in [0.717, 1.165) is 26.1 Å². The fourth-order valence-corrected chi connectivity index (χ4v) is 3.05. The van der Waals surface area contributed by atoms with E-state index in [0.29, 0.717) is 18.5 Å². The molecule has 0 bridgehead atoms. The number of hydrogen-bond acceptors (Lipinski definition) is 3. The smallest absolute Gasteiger partial charge is 0.234 e. The zero-order valence-electron chi connectivity index (χ0n) is 13.6. The van der Waals surface area contributed by atoms with Crippen LogP contribution >= 0.6 is 0 Å². The summed E-state index contributed by atoms with van der Waals surface area (Å²) in [6.07, 6.45) is 7.31. The normalized spacial score (nSPS) is 21.6. The Morgan fingerprint density at radius 2 is 2.20 bits per heavy atom. The Hall–Kier alpha value is -0.610. The zero-order chi connectivity index (χ0) is 14.8. The van der Waals surface area contributed by atoms with Gasteiger partial charge in [-0.25, -0.2) is 0 Å². The van der Waals surface area contributed by atoms with Gasteiger partial charge in [0.25, 0.3) is 0 Å². The standard InChI is InChI=1S/C16H33N3O/c1-4-5-6-8-14(2)18-16(20)13-19-10-7-9-15(12-19)11-17-3/h14-15,17H,4-13H2,1-3H3,(H,18,20). The first kappa shape index (κ1) is 17.4. The van der Waals surface area contributed by atoms with E-state index in [1.165, 1.54) is 32.1 Å². The minimum Gasteiger partial charge on any atom is -0.353 e. The molecule has 1 fully saturated rings. The van der Waals surface area contributed by atoms with Crippen LogP contribution in [-0.2, 0) is 4.79 Å². The van der Waals surface area contributed by atoms with Crippen molar-refractivity contribution in [1.29, 1.82) is 0 Å². The highest BCUT2D eigenvalue weighted by atomic mass is 16.2. The van der Waals surface area contributed by atoms with Gasteiger partial charge in [-0.1, -0.05) is 26.2 Å². The van der Waals surface area contributed by atoms with Crippen LogP contribution in [0.5, 0.6) is 0 Å². The fourth-order valence-electron chi connectivity index (χ4n) is 3.05. The number of likely N-dealkylation sites (tertiary alicyclic amines) is 1. The number of rotatable bonds is 9. The van der Waals surface area contributed by atoms with Crippen molar-refractivity contribution in [1.82, 2.24) is 15.5 Å². The van der Waals surface area contributed by atoms with Gasteiger partial charge in [0.1, 0.15) is 0 Å². The summed E-state index contributed by atoms with van der Waals surface area (Å²) in [4.78, 5) is 14.4. The van der Waals surface area contributed by atoms with Crippen LogP contribution < -0.4 is 10.6 Å². The Balaban J connectivity index is 2.20. The van der Waals surface area contributed by atoms with E-state index in [-0.39, 0.29) is 5.91 Å². The summed E-state index contributed by atoms with van der Waals surface area (Å²) in [7, 11) is 2.00. The van der Waals surface area contributed by atoms with Crippen LogP contribution in [0.25, 0.3) is 0 Å². The molecule has 1 heterocycles. The molecule has 0 aromatic carbocycles. The van der Waals surface area contributed by atoms with Gasteiger partial charge in [0.05, 0.1) is 6.54 Å². The molecular formula is C16H33N3O. The third-order valence-electron chi connectivity index (χ3n) is 4.11. The van der Waals surface area contributed by atoms with Gasteiger partial charge in [0, 0.05) is 12.6 Å². The van der Waals surface area contributed by atoms with Gasteiger partial charge < -0.3 is 10.6 Å². The van der Waals surface area contributed by atoms with Crippen LogP contribution in [0.3, 0.4) is 0 Å². The third kappa shape index (κ3) is 7.25. The molecule has 1 amide bonds. The molecule has 0 radical (unpaired) electrons. The van der Waals surface area contributed by atoms with Gasteiger partial charge in [0.15, 0.2) is 0 Å². The highest BCUT2D eigenvalue weighted by molar-refractivity contribution is 5.78. The molecule has 4 heteroatoms. The van der Waals surface area contributed by atoms with Crippen LogP contribution in [0, 0.1) is 5.92 Å². The molecule has 0 aromatic heterocycles. The molecule has 4 nitrogen and oxygen atoms in total. The summed E-state index contributed by atoms with van der Waals surface area (Å²) < 4.78 is 0. The van der Waals surface area contributed by atoms with E-state index >= 15 is 0 Å². The number of hydrogen-bond donors (Lipinski definition) is 2. The fraction of sp³-hybridized carbons (Fsp3) is 0.938. The molecule has 2 atom stereocenters. The first-order chi connectivity index (χ1) is 9.65. The Morgan fingerprint density at radius 3 is 2.90 bits per heavy atom. The molecule has 2 N–H and O–H groups in total. The summed E-state index contributed by atoms with van der Waals surface area (Å²) in [5.74, 6) is 0.891. The summed E-state index contributed by atoms with van der Waals surface area (Å²) in [6, 6.07) is 0.312. The topological polar surface area (TPSA) is 44.4 Å². The summed E-state index contributed by atoms with van der Waals surface area (Å²) >= 11 is 0. The maximum absolute atomic E-state index is 12.1. The lowest BCUT2D eigenvalue weighted by atomic mass is 9.98. The summed E-state index contributed by atoms with van der Waals surface area (Å²) in [6.45, 7) is 8.08. The van der Waals surface area contributed by atoms with Gasteiger partial charge in [-0.05, 0) is 52.2 Å². The second-order valence-corrected chi connectivity index (χ2v) is 6.27. The number of carbonyl (C=O) groups excluding carboxylic acids is 1. The average molecular weight is 283 g/mol. The lowest BCUT2D eigenvalue weighted by Gasteiger charge is -2.32. The monoisotopic (exact) mass is 283 g/mol. The molecule has 1 aliphatic heterocycles.